The number of likely N-dealkylation sites (tertiary alicyclic amines) is 1. The van der Waals surface area contributed by atoms with Crippen LogP contribution in [-0.2, 0) is 14.0 Å². The summed E-state index contributed by atoms with van der Waals surface area (Å²) in [6, 6.07) is 0. The van der Waals surface area contributed by atoms with Crippen molar-refractivity contribution < 1.29 is 19.1 Å². The molecule has 22 heavy (non-hydrogen) atoms. The zero-order valence-corrected chi connectivity index (χ0v) is 15.4. The van der Waals surface area contributed by atoms with Crippen LogP contribution in [0.15, 0.2) is 0 Å². The lowest BCUT2D eigenvalue weighted by Gasteiger charge is -2.52. The molecule has 1 N–H and O–H groups in total. The second-order valence-corrected chi connectivity index (χ2v) is 12.4. The van der Waals surface area contributed by atoms with Crippen LogP contribution in [0, 0.1) is 17.8 Å². The SMILES string of the molecule is C#CC[C@@]1([C@@H](C)O[Si](C)(C)C(C)(C)C)CN(CC(=O)O)C1=O. The second-order valence-electron chi connectivity index (χ2n) is 7.61. The molecule has 0 aromatic rings. The summed E-state index contributed by atoms with van der Waals surface area (Å²) in [7, 11) is -2.03. The summed E-state index contributed by atoms with van der Waals surface area (Å²) < 4.78 is 6.33. The Morgan fingerprint density at radius 1 is 1.55 bits per heavy atom. The van der Waals surface area contributed by atoms with Gasteiger partial charge < -0.3 is 14.4 Å². The van der Waals surface area contributed by atoms with E-state index >= 15 is 0 Å². The van der Waals surface area contributed by atoms with Crippen LogP contribution in [0.3, 0.4) is 0 Å². The van der Waals surface area contributed by atoms with Gasteiger partial charge in [-0.3, -0.25) is 9.59 Å². The van der Waals surface area contributed by atoms with E-state index in [4.69, 9.17) is 16.0 Å². The average Bonchev–Trinajstić information content (AvgIpc) is 2.34. The first kappa shape index (κ1) is 18.7. The van der Waals surface area contributed by atoms with Crippen molar-refractivity contribution in [3.63, 3.8) is 0 Å². The number of carboxylic acids is 1. The van der Waals surface area contributed by atoms with Gasteiger partial charge in [-0.25, -0.2) is 0 Å². The fourth-order valence-electron chi connectivity index (χ4n) is 2.49. The van der Waals surface area contributed by atoms with Gasteiger partial charge in [0, 0.05) is 13.0 Å². The Bertz CT molecular complexity index is 503. The summed E-state index contributed by atoms with van der Waals surface area (Å²) in [6.45, 7) is 12.6. The molecule has 0 aliphatic carbocycles. The van der Waals surface area contributed by atoms with E-state index < -0.39 is 19.7 Å². The minimum atomic E-state index is -2.03. The molecule has 0 spiro atoms. The van der Waals surface area contributed by atoms with E-state index in [1.165, 1.54) is 4.90 Å². The Morgan fingerprint density at radius 3 is 2.45 bits per heavy atom. The molecule has 2 atom stereocenters. The van der Waals surface area contributed by atoms with Crippen molar-refractivity contribution in [3.8, 4) is 12.3 Å². The van der Waals surface area contributed by atoms with E-state index in [-0.39, 0.29) is 30.0 Å². The zero-order chi connectivity index (χ0) is 17.3. The number of hydrogen-bond donors (Lipinski definition) is 1. The molecule has 0 unspecified atom stereocenters. The summed E-state index contributed by atoms with van der Waals surface area (Å²) in [6.07, 6.45) is 5.40. The number of carboxylic acid groups (broad SMARTS) is 1. The lowest BCUT2D eigenvalue weighted by atomic mass is 9.72. The van der Waals surface area contributed by atoms with E-state index in [1.807, 2.05) is 6.92 Å². The smallest absolute Gasteiger partial charge is 0.323 e. The molecule has 1 rings (SSSR count). The van der Waals surface area contributed by atoms with E-state index in [9.17, 15) is 9.59 Å². The minimum absolute atomic E-state index is 0.0339. The Balaban J connectivity index is 2.92. The number of hydrogen-bond acceptors (Lipinski definition) is 3. The molecule has 1 amide bonds. The van der Waals surface area contributed by atoms with E-state index in [1.54, 1.807) is 0 Å². The average molecular weight is 325 g/mol. The van der Waals surface area contributed by atoms with Crippen molar-refractivity contribution in [2.24, 2.45) is 5.41 Å². The van der Waals surface area contributed by atoms with Crippen LogP contribution in [0.5, 0.6) is 0 Å². The molecule has 5 nitrogen and oxygen atoms in total. The summed E-state index contributed by atoms with van der Waals surface area (Å²) >= 11 is 0. The predicted molar refractivity (Wildman–Crippen MR) is 87.8 cm³/mol. The van der Waals surface area contributed by atoms with Crippen LogP contribution in [-0.4, -0.2) is 49.4 Å². The highest BCUT2D eigenvalue weighted by Gasteiger charge is 2.57. The van der Waals surface area contributed by atoms with Crippen LogP contribution in [0.4, 0.5) is 0 Å². The number of nitrogens with zero attached hydrogens (tertiary/aromatic N) is 1. The van der Waals surface area contributed by atoms with Crippen molar-refractivity contribution in [2.75, 3.05) is 13.1 Å². The summed E-state index contributed by atoms with van der Waals surface area (Å²) in [4.78, 5) is 24.6. The zero-order valence-electron chi connectivity index (χ0n) is 14.4. The van der Waals surface area contributed by atoms with E-state index in [2.05, 4.69) is 39.8 Å². The van der Waals surface area contributed by atoms with E-state index in [0.717, 1.165) is 0 Å². The Kier molecular flexibility index (Phi) is 5.15. The van der Waals surface area contributed by atoms with Crippen LogP contribution in [0.2, 0.25) is 18.1 Å². The summed E-state index contributed by atoms with van der Waals surface area (Å²) in [5.41, 5.74) is -0.778. The van der Waals surface area contributed by atoms with Gasteiger partial charge in [-0.2, -0.15) is 0 Å². The van der Waals surface area contributed by atoms with Crippen LogP contribution in [0.1, 0.15) is 34.1 Å². The van der Waals surface area contributed by atoms with Gasteiger partial charge in [0.1, 0.15) is 12.0 Å². The van der Waals surface area contributed by atoms with Gasteiger partial charge in [-0.05, 0) is 25.1 Å². The second kappa shape index (κ2) is 6.05. The molecule has 0 bridgehead atoms. The first-order chi connectivity index (χ1) is 9.87. The molecule has 1 aliphatic heterocycles. The van der Waals surface area contributed by atoms with E-state index in [0.29, 0.717) is 6.54 Å². The topological polar surface area (TPSA) is 66.8 Å². The first-order valence-corrected chi connectivity index (χ1v) is 10.4. The Labute approximate surface area is 134 Å². The van der Waals surface area contributed by atoms with Crippen molar-refractivity contribution in [1.29, 1.82) is 0 Å². The number of carbonyl (C=O) groups is 2. The number of β-lactam (4-membered cyclic amide) rings is 1. The molecule has 124 valence electrons. The summed E-state index contributed by atoms with van der Waals surface area (Å²) in [5.74, 6) is 1.34. The quantitative estimate of drug-likeness (QED) is 0.462. The summed E-state index contributed by atoms with van der Waals surface area (Å²) in [5, 5.41) is 8.87. The third-order valence-electron chi connectivity index (χ3n) is 4.99. The normalized spacial score (nSPS) is 23.7. The highest BCUT2D eigenvalue weighted by molar-refractivity contribution is 6.74. The molecule has 0 radical (unpaired) electrons. The maximum atomic E-state index is 12.5. The fourth-order valence-corrected chi connectivity index (χ4v) is 3.95. The van der Waals surface area contributed by atoms with Crippen molar-refractivity contribution >= 4 is 20.2 Å². The van der Waals surface area contributed by atoms with Crippen molar-refractivity contribution in [1.82, 2.24) is 4.90 Å². The maximum absolute atomic E-state index is 12.5. The Hall–Kier alpha value is -1.32. The fraction of sp³-hybridized carbons (Fsp3) is 0.750. The number of carbonyl (C=O) groups excluding carboxylic acids is 1. The molecule has 0 saturated carbocycles. The highest BCUT2D eigenvalue weighted by atomic mass is 28.4. The molecule has 6 heteroatoms. The molecule has 1 aliphatic rings. The van der Waals surface area contributed by atoms with Gasteiger partial charge in [0.2, 0.25) is 5.91 Å². The van der Waals surface area contributed by atoms with Gasteiger partial charge in [0.05, 0.1) is 6.10 Å². The first-order valence-electron chi connectivity index (χ1n) is 7.50. The Morgan fingerprint density at radius 2 is 2.09 bits per heavy atom. The molecule has 1 saturated heterocycles. The van der Waals surface area contributed by atoms with Crippen LogP contribution in [0.25, 0.3) is 0 Å². The van der Waals surface area contributed by atoms with Gasteiger partial charge in [0.25, 0.3) is 0 Å². The number of terminal acetylenes is 1. The molecular weight excluding hydrogens is 298 g/mol. The maximum Gasteiger partial charge on any atom is 0.323 e. The molecular formula is C16H27NO4Si. The molecule has 1 heterocycles. The molecule has 1 fully saturated rings. The molecule has 0 aromatic carbocycles. The van der Waals surface area contributed by atoms with Crippen molar-refractivity contribution in [3.05, 3.63) is 0 Å². The van der Waals surface area contributed by atoms with Gasteiger partial charge >= 0.3 is 5.97 Å². The standard InChI is InChI=1S/C16H27NO4Si/c1-8-9-16(11-17(14(16)20)10-13(18)19)12(2)21-22(6,7)15(3,4)5/h1,12H,9-11H2,2-7H3,(H,18,19)/t12-,16+/m1/s1. The van der Waals surface area contributed by atoms with Crippen LogP contribution >= 0.6 is 0 Å². The van der Waals surface area contributed by atoms with Gasteiger partial charge in [-0.1, -0.05) is 20.8 Å². The number of aliphatic carboxylic acids is 1. The number of rotatable bonds is 6. The van der Waals surface area contributed by atoms with Crippen LogP contribution < -0.4 is 0 Å². The third kappa shape index (κ3) is 3.36. The minimum Gasteiger partial charge on any atom is -0.480 e. The lowest BCUT2D eigenvalue weighted by molar-refractivity contribution is -0.173. The van der Waals surface area contributed by atoms with Gasteiger partial charge in [-0.15, -0.1) is 12.3 Å². The van der Waals surface area contributed by atoms with Gasteiger partial charge in [0.15, 0.2) is 8.32 Å². The predicted octanol–water partition coefficient (Wildman–Crippen LogP) is 2.33. The largest absolute Gasteiger partial charge is 0.480 e. The molecule has 0 aromatic heterocycles. The third-order valence-corrected chi connectivity index (χ3v) is 9.54. The highest BCUT2D eigenvalue weighted by Crippen LogP contribution is 2.44. The lowest BCUT2D eigenvalue weighted by Crippen LogP contribution is -2.68. The van der Waals surface area contributed by atoms with Crippen molar-refractivity contribution in [2.45, 2.75) is 58.4 Å². The number of amides is 1. The monoisotopic (exact) mass is 325 g/mol.